The van der Waals surface area contributed by atoms with E-state index in [0.29, 0.717) is 5.76 Å². The maximum absolute atomic E-state index is 11.9. The highest BCUT2D eigenvalue weighted by Crippen LogP contribution is 2.11. The molecular weight excluding hydrogens is 360 g/mol. The summed E-state index contributed by atoms with van der Waals surface area (Å²) < 4.78 is 5.28. The molecule has 0 aliphatic heterocycles. The van der Waals surface area contributed by atoms with Gasteiger partial charge in [0.15, 0.2) is 5.11 Å². The standard InChI is InChI=1S/C16H14N4O5S/c1-10-2-7-13(25-10)8-9-14(21)17-16(26)19-18-15(22)11-3-5-12(6-4-11)20(23)24/h2-9H,1H3,(H,18,22)(H2,17,19,21,26)/b9-8+. The lowest BCUT2D eigenvalue weighted by Gasteiger charge is -2.09. The SMILES string of the molecule is Cc1ccc(/C=C/C(=O)NC(=S)NNC(=O)c2ccc([N+](=O)[O-])cc2)o1. The Bertz CT molecular complexity index is 873. The van der Waals surface area contributed by atoms with Crippen molar-refractivity contribution in [2.24, 2.45) is 0 Å². The molecule has 0 radical (unpaired) electrons. The number of hydrazine groups is 1. The number of thiocarbonyl (C=S) groups is 1. The lowest BCUT2D eigenvalue weighted by Crippen LogP contribution is -2.48. The smallest absolute Gasteiger partial charge is 0.269 e. The number of hydrogen-bond acceptors (Lipinski definition) is 6. The van der Waals surface area contributed by atoms with Gasteiger partial charge in [0.2, 0.25) is 5.91 Å². The van der Waals surface area contributed by atoms with Gasteiger partial charge in [0.05, 0.1) is 4.92 Å². The van der Waals surface area contributed by atoms with E-state index < -0.39 is 16.7 Å². The number of furan rings is 1. The van der Waals surface area contributed by atoms with Gasteiger partial charge in [-0.3, -0.25) is 35.9 Å². The molecule has 134 valence electrons. The van der Waals surface area contributed by atoms with Gasteiger partial charge >= 0.3 is 0 Å². The van der Waals surface area contributed by atoms with E-state index in [4.69, 9.17) is 16.6 Å². The minimum absolute atomic E-state index is 0.120. The molecule has 3 N–H and O–H groups in total. The Labute approximate surface area is 153 Å². The summed E-state index contributed by atoms with van der Waals surface area (Å²) >= 11 is 4.88. The highest BCUT2D eigenvalue weighted by molar-refractivity contribution is 7.80. The fraction of sp³-hybridized carbons (Fsp3) is 0.0625. The maximum atomic E-state index is 11.9. The van der Waals surface area contributed by atoms with Crippen LogP contribution in [-0.4, -0.2) is 21.9 Å². The zero-order chi connectivity index (χ0) is 19.1. The van der Waals surface area contributed by atoms with Crippen LogP contribution in [0.15, 0.2) is 46.9 Å². The molecule has 0 saturated carbocycles. The molecule has 1 heterocycles. The molecule has 10 heteroatoms. The Balaban J connectivity index is 1.80. The van der Waals surface area contributed by atoms with Crippen LogP contribution in [0.2, 0.25) is 0 Å². The van der Waals surface area contributed by atoms with Crippen molar-refractivity contribution in [1.29, 1.82) is 0 Å². The number of nitro groups is 1. The average Bonchev–Trinajstić information content (AvgIpc) is 3.03. The van der Waals surface area contributed by atoms with Crippen LogP contribution in [0.25, 0.3) is 6.08 Å². The highest BCUT2D eigenvalue weighted by Gasteiger charge is 2.10. The van der Waals surface area contributed by atoms with Gasteiger partial charge in [-0.1, -0.05) is 0 Å². The van der Waals surface area contributed by atoms with E-state index in [1.165, 1.54) is 36.4 Å². The largest absolute Gasteiger partial charge is 0.462 e. The first-order valence-electron chi connectivity index (χ1n) is 7.25. The van der Waals surface area contributed by atoms with Crippen LogP contribution in [0, 0.1) is 17.0 Å². The molecule has 0 aliphatic rings. The summed E-state index contributed by atoms with van der Waals surface area (Å²) in [6, 6.07) is 8.47. The predicted octanol–water partition coefficient (Wildman–Crippen LogP) is 1.85. The number of hydrogen-bond donors (Lipinski definition) is 3. The van der Waals surface area contributed by atoms with E-state index in [0.717, 1.165) is 5.76 Å². The van der Waals surface area contributed by atoms with E-state index in [2.05, 4.69) is 16.2 Å². The number of nitrogens with zero attached hydrogens (tertiary/aromatic N) is 1. The van der Waals surface area contributed by atoms with Crippen molar-refractivity contribution in [3.63, 3.8) is 0 Å². The second-order valence-corrected chi connectivity index (χ2v) is 5.39. The molecule has 0 spiro atoms. The molecule has 0 atom stereocenters. The third-order valence-electron chi connectivity index (χ3n) is 3.03. The quantitative estimate of drug-likeness (QED) is 0.323. The summed E-state index contributed by atoms with van der Waals surface area (Å²) in [6.45, 7) is 1.78. The number of nitro benzene ring substituents is 1. The number of rotatable bonds is 4. The van der Waals surface area contributed by atoms with Gasteiger partial charge in [-0.05, 0) is 49.5 Å². The Morgan fingerprint density at radius 3 is 2.42 bits per heavy atom. The van der Waals surface area contributed by atoms with Crippen molar-refractivity contribution in [1.82, 2.24) is 16.2 Å². The number of aryl methyl sites for hydroxylation is 1. The Morgan fingerprint density at radius 2 is 1.85 bits per heavy atom. The lowest BCUT2D eigenvalue weighted by atomic mass is 10.2. The second kappa shape index (κ2) is 8.53. The van der Waals surface area contributed by atoms with Crippen molar-refractivity contribution < 1.29 is 18.9 Å². The van der Waals surface area contributed by atoms with Crippen LogP contribution in [0.4, 0.5) is 5.69 Å². The molecule has 2 amide bonds. The summed E-state index contributed by atoms with van der Waals surface area (Å²) in [7, 11) is 0. The van der Waals surface area contributed by atoms with Crippen LogP contribution >= 0.6 is 12.2 Å². The van der Waals surface area contributed by atoms with Gasteiger partial charge in [0.1, 0.15) is 11.5 Å². The van der Waals surface area contributed by atoms with E-state index >= 15 is 0 Å². The topological polar surface area (TPSA) is 127 Å². The van der Waals surface area contributed by atoms with Gasteiger partial charge in [0.25, 0.3) is 11.6 Å². The number of amides is 2. The number of carbonyl (C=O) groups excluding carboxylic acids is 2. The molecular formula is C16H14N4O5S. The van der Waals surface area contributed by atoms with E-state index in [9.17, 15) is 19.7 Å². The number of nitrogens with one attached hydrogen (secondary N) is 3. The first kappa shape index (κ1) is 18.8. The van der Waals surface area contributed by atoms with Crippen molar-refractivity contribution in [3.8, 4) is 0 Å². The van der Waals surface area contributed by atoms with Crippen LogP contribution in [-0.2, 0) is 4.79 Å². The van der Waals surface area contributed by atoms with Crippen LogP contribution in [0.1, 0.15) is 21.9 Å². The molecule has 26 heavy (non-hydrogen) atoms. The highest BCUT2D eigenvalue weighted by atomic mass is 32.1. The Hall–Kier alpha value is -3.53. The zero-order valence-corrected chi connectivity index (χ0v) is 14.3. The number of carbonyl (C=O) groups is 2. The Kier molecular flexibility index (Phi) is 6.17. The van der Waals surface area contributed by atoms with Crippen LogP contribution in [0.5, 0.6) is 0 Å². The summed E-state index contributed by atoms with van der Waals surface area (Å²) in [4.78, 5) is 33.6. The fourth-order valence-electron chi connectivity index (χ4n) is 1.81. The lowest BCUT2D eigenvalue weighted by molar-refractivity contribution is -0.384. The summed E-state index contributed by atoms with van der Waals surface area (Å²) in [5, 5.41) is 12.8. The summed E-state index contributed by atoms with van der Waals surface area (Å²) in [5.41, 5.74) is 4.69. The summed E-state index contributed by atoms with van der Waals surface area (Å²) in [5.74, 6) is 0.151. The number of non-ortho nitro benzene ring substituents is 1. The fourth-order valence-corrected chi connectivity index (χ4v) is 1.96. The first-order chi connectivity index (χ1) is 12.3. The predicted molar refractivity (Wildman–Crippen MR) is 96.9 cm³/mol. The minimum atomic E-state index is -0.571. The average molecular weight is 374 g/mol. The normalized spacial score (nSPS) is 10.3. The number of benzene rings is 1. The molecule has 0 aliphatic carbocycles. The van der Waals surface area contributed by atoms with Crippen molar-refractivity contribution >= 4 is 40.9 Å². The minimum Gasteiger partial charge on any atom is -0.462 e. The van der Waals surface area contributed by atoms with Gasteiger partial charge in [-0.25, -0.2) is 0 Å². The van der Waals surface area contributed by atoms with Gasteiger partial charge in [-0.15, -0.1) is 0 Å². The molecule has 1 aromatic carbocycles. The van der Waals surface area contributed by atoms with E-state index in [-0.39, 0.29) is 16.4 Å². The molecule has 0 unspecified atom stereocenters. The summed E-state index contributed by atoms with van der Waals surface area (Å²) in [6.07, 6.45) is 2.70. The zero-order valence-electron chi connectivity index (χ0n) is 13.5. The molecule has 2 rings (SSSR count). The van der Waals surface area contributed by atoms with Gasteiger partial charge in [-0.2, -0.15) is 0 Å². The van der Waals surface area contributed by atoms with Crippen LogP contribution in [0.3, 0.4) is 0 Å². The third-order valence-corrected chi connectivity index (χ3v) is 3.23. The van der Waals surface area contributed by atoms with Crippen molar-refractivity contribution in [3.05, 3.63) is 69.7 Å². The molecule has 0 saturated heterocycles. The molecule has 0 bridgehead atoms. The van der Waals surface area contributed by atoms with Gasteiger partial charge in [0, 0.05) is 23.8 Å². The molecule has 9 nitrogen and oxygen atoms in total. The van der Waals surface area contributed by atoms with Crippen molar-refractivity contribution in [2.75, 3.05) is 0 Å². The Morgan fingerprint density at radius 1 is 1.15 bits per heavy atom. The second-order valence-electron chi connectivity index (χ2n) is 4.98. The molecule has 2 aromatic rings. The van der Waals surface area contributed by atoms with Crippen LogP contribution < -0.4 is 16.2 Å². The first-order valence-corrected chi connectivity index (χ1v) is 7.66. The van der Waals surface area contributed by atoms with E-state index in [1.54, 1.807) is 19.1 Å². The maximum Gasteiger partial charge on any atom is 0.269 e. The third kappa shape index (κ3) is 5.53. The monoisotopic (exact) mass is 374 g/mol. The molecule has 1 aromatic heterocycles. The van der Waals surface area contributed by atoms with Gasteiger partial charge < -0.3 is 4.42 Å². The molecule has 0 fully saturated rings. The van der Waals surface area contributed by atoms with Crippen molar-refractivity contribution in [2.45, 2.75) is 6.92 Å². The van der Waals surface area contributed by atoms with E-state index in [1.807, 2.05) is 0 Å².